The Morgan fingerprint density at radius 1 is 1.17 bits per heavy atom. The summed E-state index contributed by atoms with van der Waals surface area (Å²) in [6, 6.07) is 12.9. The van der Waals surface area contributed by atoms with E-state index in [1.165, 1.54) is 11.3 Å². The zero-order chi connectivity index (χ0) is 15.8. The van der Waals surface area contributed by atoms with Crippen molar-refractivity contribution in [3.05, 3.63) is 63.4 Å². The van der Waals surface area contributed by atoms with Gasteiger partial charge in [0.15, 0.2) is 10.7 Å². The van der Waals surface area contributed by atoms with Gasteiger partial charge in [-0.05, 0) is 36.4 Å². The van der Waals surface area contributed by atoms with Crippen LogP contribution in [-0.2, 0) is 0 Å². The van der Waals surface area contributed by atoms with E-state index in [0.29, 0.717) is 16.1 Å². The topological polar surface area (TPSA) is 70.9 Å². The molecule has 0 amide bonds. The lowest BCUT2D eigenvalue weighted by Crippen LogP contribution is -1.92. The minimum Gasteiger partial charge on any atom is -0.408 e. The zero-order valence-corrected chi connectivity index (χ0v) is 13.2. The number of nitrogens with one attached hydrogen (secondary N) is 2. The highest BCUT2D eigenvalue weighted by molar-refractivity contribution is 7.14. The van der Waals surface area contributed by atoms with Gasteiger partial charge in [0, 0.05) is 21.7 Å². The van der Waals surface area contributed by atoms with Gasteiger partial charge in [-0.1, -0.05) is 17.7 Å². The standard InChI is InChI=1S/C16H10ClN3O2S/c17-10-2-4-11(5-3-10)18-15-19-13(8-23-15)9-1-6-12-14(7-9)22-16(21)20-12/h1-8H,(H,18,19)(H,20,21). The molecular weight excluding hydrogens is 334 g/mol. The van der Waals surface area contributed by atoms with E-state index in [-0.39, 0.29) is 0 Å². The molecule has 4 rings (SSSR count). The van der Waals surface area contributed by atoms with Crippen molar-refractivity contribution in [2.45, 2.75) is 0 Å². The first-order valence-electron chi connectivity index (χ1n) is 6.79. The van der Waals surface area contributed by atoms with Crippen LogP contribution in [-0.4, -0.2) is 9.97 Å². The Bertz CT molecular complexity index is 1030. The molecule has 0 radical (unpaired) electrons. The monoisotopic (exact) mass is 343 g/mol. The molecule has 0 spiro atoms. The van der Waals surface area contributed by atoms with Crippen molar-refractivity contribution in [2.75, 3.05) is 5.32 Å². The molecule has 2 N–H and O–H groups in total. The van der Waals surface area contributed by atoms with Gasteiger partial charge in [-0.3, -0.25) is 4.98 Å². The van der Waals surface area contributed by atoms with Crippen molar-refractivity contribution in [2.24, 2.45) is 0 Å². The highest BCUT2D eigenvalue weighted by atomic mass is 35.5. The van der Waals surface area contributed by atoms with E-state index in [1.54, 1.807) is 12.1 Å². The SMILES string of the molecule is O=c1[nH]c2ccc(-c3csc(Nc4ccc(Cl)cc4)n3)cc2o1. The maximum atomic E-state index is 11.2. The van der Waals surface area contributed by atoms with E-state index in [0.717, 1.165) is 22.1 Å². The molecule has 23 heavy (non-hydrogen) atoms. The summed E-state index contributed by atoms with van der Waals surface area (Å²) in [7, 11) is 0. The minimum absolute atomic E-state index is 0.458. The average molecular weight is 344 g/mol. The Morgan fingerprint density at radius 2 is 2.00 bits per heavy atom. The fourth-order valence-electron chi connectivity index (χ4n) is 2.23. The van der Waals surface area contributed by atoms with Crippen molar-refractivity contribution in [1.29, 1.82) is 0 Å². The van der Waals surface area contributed by atoms with Gasteiger partial charge in [0.05, 0.1) is 11.2 Å². The first-order chi connectivity index (χ1) is 11.2. The van der Waals surface area contributed by atoms with Crippen molar-refractivity contribution >= 4 is 44.9 Å². The fourth-order valence-corrected chi connectivity index (χ4v) is 3.09. The number of H-pyrrole nitrogens is 1. The number of hydrogen-bond acceptors (Lipinski definition) is 5. The summed E-state index contributed by atoms with van der Waals surface area (Å²) in [4.78, 5) is 18.4. The highest BCUT2D eigenvalue weighted by Crippen LogP contribution is 2.29. The number of aromatic amines is 1. The van der Waals surface area contributed by atoms with Crippen LogP contribution < -0.4 is 11.1 Å². The smallest absolute Gasteiger partial charge is 0.408 e. The molecule has 0 aliphatic heterocycles. The molecule has 7 heteroatoms. The summed E-state index contributed by atoms with van der Waals surface area (Å²) in [6.07, 6.45) is 0. The van der Waals surface area contributed by atoms with Crippen molar-refractivity contribution in [3.63, 3.8) is 0 Å². The van der Waals surface area contributed by atoms with E-state index < -0.39 is 5.76 Å². The van der Waals surface area contributed by atoms with E-state index >= 15 is 0 Å². The molecule has 0 saturated carbocycles. The molecule has 114 valence electrons. The molecule has 2 heterocycles. The van der Waals surface area contributed by atoms with E-state index in [2.05, 4.69) is 15.3 Å². The number of rotatable bonds is 3. The van der Waals surface area contributed by atoms with Crippen molar-refractivity contribution < 1.29 is 4.42 Å². The van der Waals surface area contributed by atoms with Crippen molar-refractivity contribution in [3.8, 4) is 11.3 Å². The summed E-state index contributed by atoms with van der Waals surface area (Å²) >= 11 is 7.37. The van der Waals surface area contributed by atoms with Crippen LogP contribution in [0.15, 0.2) is 57.1 Å². The summed E-state index contributed by atoms with van der Waals surface area (Å²) in [5.41, 5.74) is 3.82. The predicted octanol–water partition coefficient (Wildman–Crippen LogP) is 4.64. The normalized spacial score (nSPS) is 11.0. The summed E-state index contributed by atoms with van der Waals surface area (Å²) in [5.74, 6) is -0.458. The number of hydrogen-bond donors (Lipinski definition) is 2. The number of thiazole rings is 1. The number of halogens is 1. The van der Waals surface area contributed by atoms with Crippen LogP contribution in [0.2, 0.25) is 5.02 Å². The van der Waals surface area contributed by atoms with Gasteiger partial charge in [-0.2, -0.15) is 0 Å². The van der Waals surface area contributed by atoms with Crippen LogP contribution in [0.25, 0.3) is 22.4 Å². The first kappa shape index (κ1) is 14.0. The summed E-state index contributed by atoms with van der Waals surface area (Å²) in [6.45, 7) is 0. The quantitative estimate of drug-likeness (QED) is 0.568. The van der Waals surface area contributed by atoms with Gasteiger partial charge in [0.2, 0.25) is 0 Å². The predicted molar refractivity (Wildman–Crippen MR) is 92.7 cm³/mol. The minimum atomic E-state index is -0.458. The highest BCUT2D eigenvalue weighted by Gasteiger charge is 2.08. The molecule has 2 aromatic carbocycles. The number of benzene rings is 2. The fraction of sp³-hybridized carbons (Fsp3) is 0. The second-order valence-corrected chi connectivity index (χ2v) is 6.19. The molecule has 0 atom stereocenters. The lowest BCUT2D eigenvalue weighted by molar-refractivity contribution is 0.555. The maximum Gasteiger partial charge on any atom is 0.417 e. The van der Waals surface area contributed by atoms with Gasteiger partial charge in [0.1, 0.15) is 0 Å². The van der Waals surface area contributed by atoms with E-state index in [9.17, 15) is 4.79 Å². The Balaban J connectivity index is 1.63. The molecule has 0 aliphatic carbocycles. The second kappa shape index (κ2) is 5.57. The number of oxazole rings is 1. The van der Waals surface area contributed by atoms with Gasteiger partial charge in [-0.25, -0.2) is 9.78 Å². The third-order valence-electron chi connectivity index (χ3n) is 3.32. The molecule has 0 unspecified atom stereocenters. The number of fused-ring (bicyclic) bond motifs is 1. The molecule has 2 aromatic heterocycles. The van der Waals surface area contributed by atoms with E-state index in [4.69, 9.17) is 16.0 Å². The Morgan fingerprint density at radius 3 is 2.83 bits per heavy atom. The number of nitrogens with zero attached hydrogens (tertiary/aromatic N) is 1. The molecule has 0 bridgehead atoms. The molecule has 4 aromatic rings. The third-order valence-corrected chi connectivity index (χ3v) is 4.33. The summed E-state index contributed by atoms with van der Waals surface area (Å²) in [5, 5.41) is 6.65. The molecule has 0 saturated heterocycles. The van der Waals surface area contributed by atoms with Crippen molar-refractivity contribution in [1.82, 2.24) is 9.97 Å². The third kappa shape index (κ3) is 2.86. The maximum absolute atomic E-state index is 11.2. The van der Waals surface area contributed by atoms with Crippen LogP contribution in [0.4, 0.5) is 10.8 Å². The molecule has 5 nitrogen and oxygen atoms in total. The molecule has 0 aliphatic rings. The van der Waals surface area contributed by atoms with Crippen LogP contribution in [0.1, 0.15) is 0 Å². The van der Waals surface area contributed by atoms with Gasteiger partial charge in [0.25, 0.3) is 0 Å². The summed E-state index contributed by atoms with van der Waals surface area (Å²) < 4.78 is 5.08. The lowest BCUT2D eigenvalue weighted by Gasteiger charge is -2.02. The van der Waals surface area contributed by atoms with Crippen LogP contribution >= 0.6 is 22.9 Å². The lowest BCUT2D eigenvalue weighted by atomic mass is 10.1. The number of anilines is 2. The van der Waals surface area contributed by atoms with Gasteiger partial charge >= 0.3 is 5.76 Å². The van der Waals surface area contributed by atoms with Crippen LogP contribution in [0.5, 0.6) is 0 Å². The Hall–Kier alpha value is -2.57. The van der Waals surface area contributed by atoms with E-state index in [1.807, 2.05) is 35.7 Å². The number of aromatic nitrogens is 2. The molecule has 0 fully saturated rings. The first-order valence-corrected chi connectivity index (χ1v) is 8.04. The van der Waals surface area contributed by atoms with Crippen LogP contribution in [0.3, 0.4) is 0 Å². The van der Waals surface area contributed by atoms with Gasteiger partial charge in [-0.15, -0.1) is 11.3 Å². The zero-order valence-electron chi connectivity index (χ0n) is 11.7. The Labute approximate surface area is 139 Å². The van der Waals surface area contributed by atoms with Crippen LogP contribution in [0, 0.1) is 0 Å². The largest absolute Gasteiger partial charge is 0.417 e. The second-order valence-electron chi connectivity index (χ2n) is 4.90. The van der Waals surface area contributed by atoms with Gasteiger partial charge < -0.3 is 9.73 Å². The molecular formula is C16H10ClN3O2S. The average Bonchev–Trinajstić information content (AvgIpc) is 3.14. The Kier molecular flexibility index (Phi) is 3.40.